The summed E-state index contributed by atoms with van der Waals surface area (Å²) in [6.07, 6.45) is 1.47. The zero-order valence-corrected chi connectivity index (χ0v) is 18.8. The fourth-order valence-electron chi connectivity index (χ4n) is 5.04. The van der Waals surface area contributed by atoms with E-state index in [-0.39, 0.29) is 12.1 Å². The molecule has 2 aliphatic rings. The van der Waals surface area contributed by atoms with E-state index in [2.05, 4.69) is 36.4 Å². The monoisotopic (exact) mass is 441 g/mol. The third-order valence-electron chi connectivity index (χ3n) is 6.97. The van der Waals surface area contributed by atoms with Crippen molar-refractivity contribution in [3.63, 3.8) is 0 Å². The molecular weight excluding hydrogens is 407 g/mol. The Bertz CT molecular complexity index is 753. The third kappa shape index (κ3) is 5.83. The van der Waals surface area contributed by atoms with E-state index in [9.17, 15) is 18.0 Å². The summed E-state index contributed by atoms with van der Waals surface area (Å²) in [5.41, 5.74) is -1.29. The first kappa shape index (κ1) is 23.7. The Morgan fingerprint density at radius 3 is 2.61 bits per heavy atom. The number of alkyl carbamates (subject to hydrolysis) is 1. The fraction of sp³-hybridized carbons (Fsp3) is 0.739. The molecule has 5 nitrogen and oxygen atoms in total. The number of carbonyl (C=O) groups is 1. The van der Waals surface area contributed by atoms with Crippen LogP contribution in [-0.2, 0) is 10.9 Å². The summed E-state index contributed by atoms with van der Waals surface area (Å²) in [7, 11) is 0. The summed E-state index contributed by atoms with van der Waals surface area (Å²) in [6, 6.07) is 2.15. The van der Waals surface area contributed by atoms with Crippen LogP contribution in [0.5, 0.6) is 0 Å². The van der Waals surface area contributed by atoms with Gasteiger partial charge in [-0.1, -0.05) is 27.2 Å². The van der Waals surface area contributed by atoms with E-state index in [1.165, 1.54) is 6.07 Å². The molecule has 0 radical (unpaired) electrons. The van der Waals surface area contributed by atoms with Gasteiger partial charge in [0, 0.05) is 6.20 Å². The Labute approximate surface area is 182 Å². The molecule has 1 heterocycles. The number of aromatic nitrogens is 1. The average molecular weight is 442 g/mol. The zero-order valence-electron chi connectivity index (χ0n) is 18.8. The van der Waals surface area contributed by atoms with Crippen LogP contribution >= 0.6 is 0 Å². The normalized spacial score (nSPS) is 31.5. The van der Waals surface area contributed by atoms with Crippen LogP contribution in [0.25, 0.3) is 0 Å². The van der Waals surface area contributed by atoms with E-state index in [0.717, 1.165) is 50.8 Å². The molecule has 8 heteroatoms. The van der Waals surface area contributed by atoms with Crippen molar-refractivity contribution in [2.24, 2.45) is 17.8 Å². The molecule has 174 valence electrons. The van der Waals surface area contributed by atoms with Crippen LogP contribution in [0.4, 0.5) is 23.8 Å². The summed E-state index contributed by atoms with van der Waals surface area (Å²) < 4.78 is 44.2. The molecule has 1 amide bonds. The van der Waals surface area contributed by atoms with Crippen molar-refractivity contribution in [3.05, 3.63) is 23.9 Å². The molecule has 0 aliphatic heterocycles. The van der Waals surface area contributed by atoms with Crippen molar-refractivity contribution >= 4 is 11.9 Å². The lowest BCUT2D eigenvalue weighted by Crippen LogP contribution is -2.53. The van der Waals surface area contributed by atoms with Gasteiger partial charge in [0.2, 0.25) is 0 Å². The van der Waals surface area contributed by atoms with Crippen molar-refractivity contribution in [1.29, 1.82) is 0 Å². The number of hydrogen-bond donors (Lipinski definition) is 2. The van der Waals surface area contributed by atoms with Crippen molar-refractivity contribution in [2.45, 2.75) is 90.1 Å². The standard InChI is InChI=1S/C23H34F3N3O2/c1-14(2)17-9-7-15(3)12-18(17)31-21(30)28-19-6-5-11-22(19,4)29-20-10-8-16(13-27-20)23(24,25)26/h8,10,13-15,17-19H,5-7,9,11-12H2,1-4H3,(H,27,29)(H,28,30)/t15-,17?,18?,19-,22+/m1/s1. The summed E-state index contributed by atoms with van der Waals surface area (Å²) in [5.74, 6) is 1.72. The molecular formula is C23H34F3N3O2. The number of rotatable bonds is 5. The van der Waals surface area contributed by atoms with E-state index in [0.29, 0.717) is 23.6 Å². The van der Waals surface area contributed by atoms with Crippen LogP contribution in [0.2, 0.25) is 0 Å². The third-order valence-corrected chi connectivity index (χ3v) is 6.97. The first-order chi connectivity index (χ1) is 14.5. The number of halogens is 3. The quantitative estimate of drug-likeness (QED) is 0.587. The van der Waals surface area contributed by atoms with Crippen molar-refractivity contribution in [1.82, 2.24) is 10.3 Å². The highest BCUT2D eigenvalue weighted by atomic mass is 19.4. The molecule has 2 aliphatic carbocycles. The Hall–Kier alpha value is -1.99. The number of nitrogens with zero attached hydrogens (tertiary/aromatic N) is 1. The fourth-order valence-corrected chi connectivity index (χ4v) is 5.04. The SMILES string of the molecule is CC(C)C1CC[C@@H](C)CC1OC(=O)N[C@@H]1CCC[C@]1(C)Nc1ccc(C(F)(F)F)cn1. The van der Waals surface area contributed by atoms with Gasteiger partial charge in [-0.05, 0) is 68.9 Å². The van der Waals surface area contributed by atoms with Crippen molar-refractivity contribution < 1.29 is 22.7 Å². The summed E-state index contributed by atoms with van der Waals surface area (Å²) in [6.45, 7) is 8.50. The minimum atomic E-state index is -4.42. The predicted molar refractivity (Wildman–Crippen MR) is 114 cm³/mol. The van der Waals surface area contributed by atoms with Gasteiger partial charge in [-0.2, -0.15) is 13.2 Å². The lowest BCUT2D eigenvalue weighted by molar-refractivity contribution is -0.137. The Balaban J connectivity index is 1.62. The minimum Gasteiger partial charge on any atom is -0.446 e. The maximum Gasteiger partial charge on any atom is 0.417 e. The zero-order chi connectivity index (χ0) is 22.8. The smallest absolute Gasteiger partial charge is 0.417 e. The molecule has 3 rings (SSSR count). The highest BCUT2D eigenvalue weighted by molar-refractivity contribution is 5.68. The molecule has 2 unspecified atom stereocenters. The van der Waals surface area contributed by atoms with Gasteiger partial charge in [0.25, 0.3) is 0 Å². The van der Waals surface area contributed by atoms with E-state index in [1.54, 1.807) is 0 Å². The van der Waals surface area contributed by atoms with E-state index in [1.807, 2.05) is 6.92 Å². The molecule has 0 aromatic carbocycles. The highest BCUT2D eigenvalue weighted by Crippen LogP contribution is 2.37. The van der Waals surface area contributed by atoms with Gasteiger partial charge in [0.05, 0.1) is 17.1 Å². The molecule has 0 bridgehead atoms. The highest BCUT2D eigenvalue weighted by Gasteiger charge is 2.41. The van der Waals surface area contributed by atoms with Gasteiger partial charge < -0.3 is 15.4 Å². The lowest BCUT2D eigenvalue weighted by Gasteiger charge is -2.38. The molecule has 2 N–H and O–H groups in total. The second kappa shape index (κ2) is 9.25. The predicted octanol–water partition coefficient (Wildman–Crippen LogP) is 6.01. The van der Waals surface area contributed by atoms with Gasteiger partial charge in [0.15, 0.2) is 0 Å². The molecule has 2 saturated carbocycles. The molecule has 0 spiro atoms. The van der Waals surface area contributed by atoms with Crippen LogP contribution in [0.15, 0.2) is 18.3 Å². The Kier molecular flexibility index (Phi) is 7.06. The average Bonchev–Trinajstić information content (AvgIpc) is 3.01. The van der Waals surface area contributed by atoms with Crippen LogP contribution < -0.4 is 10.6 Å². The maximum atomic E-state index is 12.8. The van der Waals surface area contributed by atoms with E-state index >= 15 is 0 Å². The number of ether oxygens (including phenoxy) is 1. The molecule has 31 heavy (non-hydrogen) atoms. The number of nitrogens with one attached hydrogen (secondary N) is 2. The largest absolute Gasteiger partial charge is 0.446 e. The molecule has 0 saturated heterocycles. The Morgan fingerprint density at radius 2 is 2.00 bits per heavy atom. The number of anilines is 1. The molecule has 1 aromatic rings. The summed E-state index contributed by atoms with van der Waals surface area (Å²) in [4.78, 5) is 16.7. The van der Waals surface area contributed by atoms with Crippen LogP contribution in [-0.4, -0.2) is 28.8 Å². The molecule has 1 aromatic heterocycles. The van der Waals surface area contributed by atoms with E-state index < -0.39 is 23.4 Å². The van der Waals surface area contributed by atoms with E-state index in [4.69, 9.17) is 4.74 Å². The van der Waals surface area contributed by atoms with Gasteiger partial charge in [-0.25, -0.2) is 9.78 Å². The first-order valence-electron chi connectivity index (χ1n) is 11.3. The van der Waals surface area contributed by atoms with Crippen molar-refractivity contribution in [2.75, 3.05) is 5.32 Å². The van der Waals surface area contributed by atoms with Gasteiger partial charge in [-0.3, -0.25) is 0 Å². The second-order valence-corrected chi connectivity index (χ2v) is 9.83. The van der Waals surface area contributed by atoms with Crippen LogP contribution in [0, 0.1) is 17.8 Å². The van der Waals surface area contributed by atoms with Crippen LogP contribution in [0.1, 0.15) is 71.8 Å². The first-order valence-corrected chi connectivity index (χ1v) is 11.3. The topological polar surface area (TPSA) is 63.2 Å². The molecule has 5 atom stereocenters. The number of amides is 1. The molecule has 2 fully saturated rings. The van der Waals surface area contributed by atoms with Crippen LogP contribution in [0.3, 0.4) is 0 Å². The summed E-state index contributed by atoms with van der Waals surface area (Å²) >= 11 is 0. The van der Waals surface area contributed by atoms with Gasteiger partial charge >= 0.3 is 12.3 Å². The maximum absolute atomic E-state index is 12.8. The van der Waals surface area contributed by atoms with Gasteiger partial charge in [0.1, 0.15) is 11.9 Å². The summed E-state index contributed by atoms with van der Waals surface area (Å²) in [5, 5.41) is 6.26. The van der Waals surface area contributed by atoms with Gasteiger partial charge in [-0.15, -0.1) is 0 Å². The number of alkyl halides is 3. The van der Waals surface area contributed by atoms with Crippen molar-refractivity contribution in [3.8, 4) is 0 Å². The number of carbonyl (C=O) groups excluding carboxylic acids is 1. The second-order valence-electron chi connectivity index (χ2n) is 9.83. The number of pyridine rings is 1. The number of hydrogen-bond acceptors (Lipinski definition) is 4. The Morgan fingerprint density at radius 1 is 1.26 bits per heavy atom. The lowest BCUT2D eigenvalue weighted by atomic mass is 9.75. The minimum absolute atomic E-state index is 0.0825.